The summed E-state index contributed by atoms with van der Waals surface area (Å²) in [5.41, 5.74) is 4.97. The first kappa shape index (κ1) is 15.1. The van der Waals surface area contributed by atoms with Crippen molar-refractivity contribution < 1.29 is 0 Å². The minimum atomic E-state index is 1.02. The topological polar surface area (TPSA) is 30.2 Å². The van der Waals surface area contributed by atoms with Gasteiger partial charge in [-0.15, -0.1) is 11.8 Å². The molecule has 3 nitrogen and oxygen atoms in total. The molecule has 0 bridgehead atoms. The van der Waals surface area contributed by atoms with Crippen LogP contribution in [0.25, 0.3) is 5.65 Å². The van der Waals surface area contributed by atoms with Crippen LogP contribution < -0.4 is 0 Å². The monoisotopic (exact) mass is 341 g/mol. The van der Waals surface area contributed by atoms with Crippen LogP contribution in [0.4, 0.5) is 0 Å². The Hall–Kier alpha value is -1.46. The molecule has 0 radical (unpaired) electrons. The lowest BCUT2D eigenvalue weighted by molar-refractivity contribution is 0.632. The molecule has 2 heterocycles. The molecule has 118 valence electrons. The van der Waals surface area contributed by atoms with Crippen molar-refractivity contribution in [1.29, 1.82) is 0 Å². The summed E-state index contributed by atoms with van der Waals surface area (Å²) in [5.74, 6) is 0. The zero-order chi connectivity index (χ0) is 15.8. The molecular weight excluding hydrogens is 322 g/mol. The number of aryl methyl sites for hydroxylation is 2. The smallest absolute Gasteiger partial charge is 0.170 e. The van der Waals surface area contributed by atoms with Crippen LogP contribution >= 0.6 is 23.5 Å². The zero-order valence-corrected chi connectivity index (χ0v) is 15.0. The first-order chi connectivity index (χ1) is 11.3. The summed E-state index contributed by atoms with van der Waals surface area (Å²) in [4.78, 5) is 7.33. The van der Waals surface area contributed by atoms with Crippen molar-refractivity contribution in [2.45, 2.75) is 47.4 Å². The normalized spacial score (nSPS) is 14.2. The Labute approximate surface area is 144 Å². The largest absolute Gasteiger partial charge is 0.232 e. The Balaban J connectivity index is 1.91. The molecule has 0 unspecified atom stereocenters. The van der Waals surface area contributed by atoms with Gasteiger partial charge in [0.05, 0.1) is 4.90 Å². The highest BCUT2D eigenvalue weighted by atomic mass is 32.2. The third kappa shape index (κ3) is 2.66. The van der Waals surface area contributed by atoms with E-state index in [4.69, 9.17) is 10.1 Å². The molecule has 4 rings (SSSR count). The molecule has 2 aromatic heterocycles. The first-order valence-electron chi connectivity index (χ1n) is 7.96. The van der Waals surface area contributed by atoms with Crippen molar-refractivity contribution in [2.24, 2.45) is 0 Å². The van der Waals surface area contributed by atoms with Crippen LogP contribution in [0.15, 0.2) is 45.1 Å². The third-order valence-corrected chi connectivity index (χ3v) is 6.24. The van der Waals surface area contributed by atoms with E-state index in [2.05, 4.69) is 48.0 Å². The van der Waals surface area contributed by atoms with Crippen molar-refractivity contribution in [2.75, 3.05) is 6.26 Å². The van der Waals surface area contributed by atoms with Crippen LogP contribution in [0.5, 0.6) is 0 Å². The maximum atomic E-state index is 4.92. The second-order valence-electron chi connectivity index (χ2n) is 5.82. The van der Waals surface area contributed by atoms with E-state index in [9.17, 15) is 0 Å². The summed E-state index contributed by atoms with van der Waals surface area (Å²) in [6.07, 6.45) is 6.86. The second-order valence-corrected chi connectivity index (χ2v) is 7.70. The van der Waals surface area contributed by atoms with E-state index in [0.717, 1.165) is 23.5 Å². The molecule has 1 aliphatic carbocycles. The first-order valence-corrected chi connectivity index (χ1v) is 10.00. The Morgan fingerprint density at radius 2 is 1.87 bits per heavy atom. The number of hydrogen-bond donors (Lipinski definition) is 0. The predicted octanol–water partition coefficient (Wildman–Crippen LogP) is 4.79. The standard InChI is InChI=1S/C18H19N3S2/c1-12-14-10-6-7-11-15(14)21-17(19-12)16(18(20-21)22-2)23-13-8-4-3-5-9-13/h3-5,8-9H,6-7,10-11H2,1-2H3. The second kappa shape index (κ2) is 6.21. The van der Waals surface area contributed by atoms with Gasteiger partial charge in [-0.05, 0) is 56.6 Å². The number of hydrogen-bond acceptors (Lipinski definition) is 4. The lowest BCUT2D eigenvalue weighted by Crippen LogP contribution is -2.13. The fraction of sp³-hybridized carbons (Fsp3) is 0.333. The van der Waals surface area contributed by atoms with Gasteiger partial charge >= 0.3 is 0 Å². The number of nitrogens with zero attached hydrogens (tertiary/aromatic N) is 3. The fourth-order valence-corrected chi connectivity index (χ4v) is 4.93. The van der Waals surface area contributed by atoms with Crippen LogP contribution in [0.1, 0.15) is 29.8 Å². The molecule has 0 N–H and O–H groups in total. The van der Waals surface area contributed by atoms with E-state index < -0.39 is 0 Å². The van der Waals surface area contributed by atoms with E-state index >= 15 is 0 Å². The highest BCUT2D eigenvalue weighted by molar-refractivity contribution is 8.02. The molecule has 0 saturated heterocycles. The van der Waals surface area contributed by atoms with Gasteiger partial charge in [0, 0.05) is 16.3 Å². The van der Waals surface area contributed by atoms with Crippen LogP contribution in [0.3, 0.4) is 0 Å². The molecule has 23 heavy (non-hydrogen) atoms. The lowest BCUT2D eigenvalue weighted by Gasteiger charge is -2.18. The highest BCUT2D eigenvalue weighted by Crippen LogP contribution is 2.38. The number of aromatic nitrogens is 3. The van der Waals surface area contributed by atoms with E-state index in [1.807, 2.05) is 0 Å². The summed E-state index contributed by atoms with van der Waals surface area (Å²) < 4.78 is 2.11. The summed E-state index contributed by atoms with van der Waals surface area (Å²) in [5, 5.41) is 5.95. The average molecular weight is 342 g/mol. The molecule has 5 heteroatoms. The Kier molecular flexibility index (Phi) is 4.07. The maximum Gasteiger partial charge on any atom is 0.170 e. The quantitative estimate of drug-likeness (QED) is 0.641. The fourth-order valence-electron chi connectivity index (χ4n) is 3.23. The van der Waals surface area contributed by atoms with Gasteiger partial charge in [0.25, 0.3) is 0 Å². The van der Waals surface area contributed by atoms with Gasteiger partial charge in [0.15, 0.2) is 5.65 Å². The molecule has 0 aliphatic heterocycles. The zero-order valence-electron chi connectivity index (χ0n) is 13.4. The molecule has 0 saturated carbocycles. The molecule has 0 amide bonds. The minimum absolute atomic E-state index is 1.02. The average Bonchev–Trinajstić information content (AvgIpc) is 2.94. The summed E-state index contributed by atoms with van der Waals surface area (Å²) in [6.45, 7) is 2.15. The van der Waals surface area contributed by atoms with Crippen molar-refractivity contribution in [3.8, 4) is 0 Å². The Morgan fingerprint density at radius 1 is 1.09 bits per heavy atom. The van der Waals surface area contributed by atoms with Crippen LogP contribution in [0.2, 0.25) is 0 Å². The summed E-state index contributed by atoms with van der Waals surface area (Å²) >= 11 is 3.47. The van der Waals surface area contributed by atoms with Crippen molar-refractivity contribution >= 4 is 29.2 Å². The van der Waals surface area contributed by atoms with E-state index in [0.29, 0.717) is 0 Å². The molecule has 0 fully saturated rings. The Morgan fingerprint density at radius 3 is 2.65 bits per heavy atom. The number of fused-ring (bicyclic) bond motifs is 3. The third-order valence-electron chi connectivity index (χ3n) is 4.35. The molecular formula is C18H19N3S2. The summed E-state index contributed by atoms with van der Waals surface area (Å²) in [6, 6.07) is 10.5. The van der Waals surface area contributed by atoms with Crippen LogP contribution in [0, 0.1) is 6.92 Å². The maximum absolute atomic E-state index is 4.92. The molecule has 1 aromatic carbocycles. The van der Waals surface area contributed by atoms with E-state index in [1.54, 1.807) is 23.5 Å². The SMILES string of the molecule is CSc1nn2c3c(c(C)nc2c1Sc1ccccc1)CCCC3. The van der Waals surface area contributed by atoms with E-state index in [1.165, 1.54) is 39.6 Å². The van der Waals surface area contributed by atoms with Gasteiger partial charge in [-0.25, -0.2) is 9.50 Å². The van der Waals surface area contributed by atoms with Crippen LogP contribution in [-0.2, 0) is 12.8 Å². The number of thioether (sulfide) groups is 1. The van der Waals surface area contributed by atoms with Gasteiger partial charge in [0.2, 0.25) is 0 Å². The van der Waals surface area contributed by atoms with Gasteiger partial charge in [-0.2, -0.15) is 5.10 Å². The highest BCUT2D eigenvalue weighted by Gasteiger charge is 2.22. The number of rotatable bonds is 3. The molecule has 1 aliphatic rings. The van der Waals surface area contributed by atoms with Crippen molar-refractivity contribution in [3.05, 3.63) is 47.3 Å². The van der Waals surface area contributed by atoms with Crippen molar-refractivity contribution in [1.82, 2.24) is 14.6 Å². The summed E-state index contributed by atoms with van der Waals surface area (Å²) in [7, 11) is 0. The number of benzene rings is 1. The Bertz CT molecular complexity index is 856. The molecule has 0 atom stereocenters. The lowest BCUT2D eigenvalue weighted by atomic mass is 9.95. The van der Waals surface area contributed by atoms with Crippen molar-refractivity contribution in [3.63, 3.8) is 0 Å². The van der Waals surface area contributed by atoms with Gasteiger partial charge in [0.1, 0.15) is 5.03 Å². The van der Waals surface area contributed by atoms with Crippen LogP contribution in [-0.4, -0.2) is 20.9 Å². The van der Waals surface area contributed by atoms with Gasteiger partial charge < -0.3 is 0 Å². The minimum Gasteiger partial charge on any atom is -0.232 e. The molecule has 3 aromatic rings. The van der Waals surface area contributed by atoms with E-state index in [-0.39, 0.29) is 0 Å². The van der Waals surface area contributed by atoms with Gasteiger partial charge in [-0.3, -0.25) is 0 Å². The molecule has 0 spiro atoms. The predicted molar refractivity (Wildman–Crippen MR) is 96.7 cm³/mol. The van der Waals surface area contributed by atoms with Gasteiger partial charge in [-0.1, -0.05) is 30.0 Å².